The minimum atomic E-state index is -3.49. The molecular weight excluding hydrogens is 298 g/mol. The quantitative estimate of drug-likeness (QED) is 0.932. The molecule has 1 N–H and O–H groups in total. The van der Waals surface area contributed by atoms with Crippen LogP contribution in [0, 0.1) is 6.92 Å². The van der Waals surface area contributed by atoms with Crippen LogP contribution in [-0.4, -0.2) is 42.7 Å². The molecule has 108 valence electrons. The van der Waals surface area contributed by atoms with Gasteiger partial charge >= 0.3 is 0 Å². The number of H-pyrrole nitrogens is 1. The molecule has 0 bridgehead atoms. The molecule has 0 saturated carbocycles. The fraction of sp³-hybridized carbons (Fsp3) is 0.417. The van der Waals surface area contributed by atoms with Crippen LogP contribution in [0.25, 0.3) is 0 Å². The summed E-state index contributed by atoms with van der Waals surface area (Å²) < 4.78 is 32.7. The average molecular weight is 313 g/mol. The molecule has 6 nitrogen and oxygen atoms in total. The van der Waals surface area contributed by atoms with Crippen LogP contribution in [-0.2, 0) is 14.8 Å². The van der Waals surface area contributed by atoms with E-state index in [1.807, 2.05) is 6.92 Å². The number of aromatic nitrogens is 2. The maximum atomic E-state index is 12.7. The molecule has 3 rings (SSSR count). The van der Waals surface area contributed by atoms with E-state index < -0.39 is 10.0 Å². The number of ether oxygens (including phenoxy) is 1. The minimum Gasteiger partial charge on any atom is -0.378 e. The van der Waals surface area contributed by atoms with Crippen molar-refractivity contribution in [3.63, 3.8) is 0 Å². The normalized spacial score (nSPS) is 21.1. The molecule has 0 radical (unpaired) electrons. The number of aromatic amines is 1. The van der Waals surface area contributed by atoms with Crippen molar-refractivity contribution in [2.75, 3.05) is 19.8 Å². The predicted octanol–water partition coefficient (Wildman–Crippen LogP) is 1.54. The van der Waals surface area contributed by atoms with Gasteiger partial charge in [-0.15, -0.1) is 11.3 Å². The van der Waals surface area contributed by atoms with Crippen LogP contribution in [0.5, 0.6) is 0 Å². The summed E-state index contributed by atoms with van der Waals surface area (Å²) in [6, 6.07) is 3.03. The molecular formula is C12H15N3O3S2. The third-order valence-corrected chi connectivity index (χ3v) is 6.62. The van der Waals surface area contributed by atoms with Gasteiger partial charge < -0.3 is 4.74 Å². The average Bonchev–Trinajstić information content (AvgIpc) is 3.10. The van der Waals surface area contributed by atoms with Gasteiger partial charge in [0.1, 0.15) is 4.21 Å². The van der Waals surface area contributed by atoms with E-state index in [-0.39, 0.29) is 6.04 Å². The number of morpholine rings is 1. The third kappa shape index (κ3) is 2.28. The Hall–Kier alpha value is -1.22. The first-order valence-electron chi connectivity index (χ1n) is 6.23. The van der Waals surface area contributed by atoms with Gasteiger partial charge in [0.2, 0.25) is 0 Å². The van der Waals surface area contributed by atoms with Gasteiger partial charge in [0, 0.05) is 6.54 Å². The first kappa shape index (κ1) is 13.7. The molecule has 1 unspecified atom stereocenters. The van der Waals surface area contributed by atoms with Gasteiger partial charge in [-0.25, -0.2) is 8.42 Å². The van der Waals surface area contributed by atoms with E-state index in [1.165, 1.54) is 15.6 Å². The lowest BCUT2D eigenvalue weighted by Gasteiger charge is -2.33. The summed E-state index contributed by atoms with van der Waals surface area (Å²) in [5, 5.41) is 8.63. The molecule has 0 spiro atoms. The maximum Gasteiger partial charge on any atom is 0.253 e. The lowest BCUT2D eigenvalue weighted by Crippen LogP contribution is -2.43. The Kier molecular flexibility index (Phi) is 3.63. The van der Waals surface area contributed by atoms with Crippen LogP contribution < -0.4 is 0 Å². The lowest BCUT2D eigenvalue weighted by molar-refractivity contribution is 0.0304. The standard InChI is InChI=1S/C12H15N3O3S2/c1-9-7-13-14-12(9)10-8-18-5-4-15(10)20(16,17)11-3-2-6-19-11/h2-3,6-7,10H,4-5,8H2,1H3,(H,13,14). The van der Waals surface area contributed by atoms with E-state index in [2.05, 4.69) is 10.2 Å². The smallest absolute Gasteiger partial charge is 0.253 e. The minimum absolute atomic E-state index is 0.341. The van der Waals surface area contributed by atoms with Crippen LogP contribution >= 0.6 is 11.3 Å². The largest absolute Gasteiger partial charge is 0.378 e. The second-order valence-corrected chi connectivity index (χ2v) is 7.67. The van der Waals surface area contributed by atoms with Crippen molar-refractivity contribution in [1.29, 1.82) is 0 Å². The molecule has 2 aromatic heterocycles. The van der Waals surface area contributed by atoms with Crippen molar-refractivity contribution in [2.45, 2.75) is 17.2 Å². The summed E-state index contributed by atoms with van der Waals surface area (Å²) in [5.41, 5.74) is 1.73. The van der Waals surface area contributed by atoms with Gasteiger partial charge in [-0.3, -0.25) is 5.10 Å². The van der Waals surface area contributed by atoms with Crippen LogP contribution in [0.4, 0.5) is 0 Å². The number of aryl methyl sites for hydroxylation is 1. The van der Waals surface area contributed by atoms with Gasteiger partial charge in [0.25, 0.3) is 10.0 Å². The van der Waals surface area contributed by atoms with E-state index in [9.17, 15) is 8.42 Å². The summed E-state index contributed by atoms with van der Waals surface area (Å²) in [4.78, 5) is 0. The molecule has 3 heterocycles. The maximum absolute atomic E-state index is 12.7. The Bertz CT molecular complexity index is 679. The van der Waals surface area contributed by atoms with E-state index in [0.29, 0.717) is 24.0 Å². The Morgan fingerprint density at radius 2 is 2.40 bits per heavy atom. The van der Waals surface area contributed by atoms with Crippen molar-refractivity contribution >= 4 is 21.4 Å². The molecule has 1 aliphatic heterocycles. The lowest BCUT2D eigenvalue weighted by atomic mass is 10.1. The van der Waals surface area contributed by atoms with Gasteiger partial charge in [0.15, 0.2) is 0 Å². The molecule has 2 aromatic rings. The monoisotopic (exact) mass is 313 g/mol. The van der Waals surface area contributed by atoms with Crippen molar-refractivity contribution in [1.82, 2.24) is 14.5 Å². The van der Waals surface area contributed by atoms with Crippen LogP contribution in [0.1, 0.15) is 17.3 Å². The Balaban J connectivity index is 2.00. The Morgan fingerprint density at radius 1 is 1.55 bits per heavy atom. The zero-order valence-corrected chi connectivity index (χ0v) is 12.6. The third-order valence-electron chi connectivity index (χ3n) is 3.34. The highest BCUT2D eigenvalue weighted by molar-refractivity contribution is 7.91. The van der Waals surface area contributed by atoms with E-state index >= 15 is 0 Å². The highest BCUT2D eigenvalue weighted by Gasteiger charge is 2.36. The second kappa shape index (κ2) is 5.28. The molecule has 1 aliphatic rings. The molecule has 0 amide bonds. The van der Waals surface area contributed by atoms with E-state index in [1.54, 1.807) is 23.7 Å². The highest BCUT2D eigenvalue weighted by Crippen LogP contribution is 2.32. The molecule has 1 atom stereocenters. The highest BCUT2D eigenvalue weighted by atomic mass is 32.2. The van der Waals surface area contributed by atoms with Crippen LogP contribution in [0.3, 0.4) is 0 Å². The van der Waals surface area contributed by atoms with Crippen molar-refractivity contribution in [3.8, 4) is 0 Å². The fourth-order valence-corrected chi connectivity index (χ4v) is 5.01. The number of hydrogen-bond acceptors (Lipinski definition) is 5. The van der Waals surface area contributed by atoms with Gasteiger partial charge in [-0.1, -0.05) is 6.07 Å². The summed E-state index contributed by atoms with van der Waals surface area (Å²) in [6.07, 6.45) is 1.69. The number of hydrogen-bond donors (Lipinski definition) is 1. The summed E-state index contributed by atoms with van der Waals surface area (Å²) in [5.74, 6) is 0. The van der Waals surface area contributed by atoms with Gasteiger partial charge in [0.05, 0.1) is 31.1 Å². The Labute approximate surface area is 121 Å². The summed E-state index contributed by atoms with van der Waals surface area (Å²) in [6.45, 7) is 3.01. The molecule has 0 aromatic carbocycles. The number of rotatable bonds is 3. The number of sulfonamides is 1. The predicted molar refractivity (Wildman–Crippen MR) is 75.1 cm³/mol. The second-order valence-electron chi connectivity index (χ2n) is 4.61. The summed E-state index contributed by atoms with van der Waals surface area (Å²) >= 11 is 1.23. The molecule has 8 heteroatoms. The van der Waals surface area contributed by atoms with Crippen molar-refractivity contribution in [3.05, 3.63) is 35.0 Å². The number of nitrogens with zero attached hydrogens (tertiary/aromatic N) is 2. The van der Waals surface area contributed by atoms with Crippen LogP contribution in [0.15, 0.2) is 27.9 Å². The van der Waals surface area contributed by atoms with Crippen molar-refractivity contribution in [2.24, 2.45) is 0 Å². The summed E-state index contributed by atoms with van der Waals surface area (Å²) in [7, 11) is -3.49. The van der Waals surface area contributed by atoms with Crippen LogP contribution in [0.2, 0.25) is 0 Å². The number of thiophene rings is 1. The fourth-order valence-electron chi connectivity index (χ4n) is 2.32. The molecule has 1 saturated heterocycles. The van der Waals surface area contributed by atoms with E-state index in [4.69, 9.17) is 4.74 Å². The van der Waals surface area contributed by atoms with Gasteiger partial charge in [-0.05, 0) is 23.9 Å². The first-order valence-corrected chi connectivity index (χ1v) is 8.55. The zero-order chi connectivity index (χ0) is 14.2. The van der Waals surface area contributed by atoms with Crippen molar-refractivity contribution < 1.29 is 13.2 Å². The zero-order valence-electron chi connectivity index (χ0n) is 10.9. The molecule has 1 fully saturated rings. The topological polar surface area (TPSA) is 75.3 Å². The number of nitrogens with one attached hydrogen (secondary N) is 1. The Morgan fingerprint density at radius 3 is 3.05 bits per heavy atom. The molecule has 20 heavy (non-hydrogen) atoms. The van der Waals surface area contributed by atoms with Gasteiger partial charge in [-0.2, -0.15) is 9.40 Å². The SMILES string of the molecule is Cc1cn[nH]c1C1COCCN1S(=O)(=O)c1cccs1. The molecule has 0 aliphatic carbocycles. The first-order chi connectivity index (χ1) is 9.60. The van der Waals surface area contributed by atoms with E-state index in [0.717, 1.165) is 11.3 Å².